The minimum atomic E-state index is 0.563. The van der Waals surface area contributed by atoms with Crippen LogP contribution >= 0.6 is 0 Å². The molecule has 10 aromatic rings. The van der Waals surface area contributed by atoms with Gasteiger partial charge in [-0.3, -0.25) is 9.13 Å². The molecule has 0 N–H and O–H groups in total. The van der Waals surface area contributed by atoms with Crippen LogP contribution in [-0.2, 0) is 0 Å². The average molecular weight is 641 g/mol. The van der Waals surface area contributed by atoms with E-state index in [0.717, 1.165) is 71.7 Å². The van der Waals surface area contributed by atoms with Gasteiger partial charge in [0.1, 0.15) is 5.65 Å². The number of fused-ring (bicyclic) bond motifs is 6. The van der Waals surface area contributed by atoms with E-state index in [4.69, 9.17) is 19.9 Å². The van der Waals surface area contributed by atoms with Crippen molar-refractivity contribution in [1.82, 2.24) is 29.1 Å². The van der Waals surface area contributed by atoms with Crippen LogP contribution in [0.4, 0.5) is 0 Å². The second-order valence-corrected chi connectivity index (χ2v) is 12.3. The van der Waals surface area contributed by atoms with E-state index < -0.39 is 0 Å². The topological polar surface area (TPSA) is 61.4 Å². The molecule has 6 nitrogen and oxygen atoms in total. The maximum Gasteiger partial charge on any atom is 0.238 e. The zero-order valence-electron chi connectivity index (χ0n) is 26.8. The van der Waals surface area contributed by atoms with Crippen molar-refractivity contribution in [3.05, 3.63) is 170 Å². The molecule has 0 saturated heterocycles. The molecule has 6 heteroatoms. The van der Waals surface area contributed by atoms with Crippen LogP contribution < -0.4 is 0 Å². The highest BCUT2D eigenvalue weighted by atomic mass is 15.2. The summed E-state index contributed by atoms with van der Waals surface area (Å²) in [6, 6.07) is 56.4. The zero-order chi connectivity index (χ0) is 33.0. The van der Waals surface area contributed by atoms with Gasteiger partial charge in [-0.15, -0.1) is 0 Å². The van der Waals surface area contributed by atoms with Gasteiger partial charge < -0.3 is 0 Å². The highest BCUT2D eigenvalue weighted by Gasteiger charge is 2.23. The van der Waals surface area contributed by atoms with Gasteiger partial charge in [0.05, 0.1) is 16.6 Å². The molecular formula is C44H28N6. The van der Waals surface area contributed by atoms with Crippen molar-refractivity contribution in [1.29, 1.82) is 0 Å². The molecule has 0 fully saturated rings. The highest BCUT2D eigenvalue weighted by molar-refractivity contribution is 6.19. The molecule has 0 aliphatic carbocycles. The minimum Gasteiger partial charge on any atom is -0.294 e. The molecule has 50 heavy (non-hydrogen) atoms. The van der Waals surface area contributed by atoms with Crippen molar-refractivity contribution in [3.63, 3.8) is 0 Å². The van der Waals surface area contributed by atoms with E-state index in [1.807, 2.05) is 72.9 Å². The highest BCUT2D eigenvalue weighted by Crippen LogP contribution is 2.42. The summed E-state index contributed by atoms with van der Waals surface area (Å²) in [5.74, 6) is 1.80. The van der Waals surface area contributed by atoms with Crippen molar-refractivity contribution >= 4 is 43.7 Å². The van der Waals surface area contributed by atoms with Crippen molar-refractivity contribution in [3.8, 4) is 45.5 Å². The summed E-state index contributed by atoms with van der Waals surface area (Å²) < 4.78 is 4.47. The molecule has 0 aliphatic rings. The lowest BCUT2D eigenvalue weighted by molar-refractivity contribution is 0.954. The van der Waals surface area contributed by atoms with Gasteiger partial charge in [0.15, 0.2) is 11.6 Å². The minimum absolute atomic E-state index is 0.563. The molecule has 234 valence electrons. The van der Waals surface area contributed by atoms with Gasteiger partial charge in [-0.05, 0) is 35.9 Å². The number of nitrogens with zero attached hydrogens (tertiary/aromatic N) is 6. The monoisotopic (exact) mass is 640 g/mol. The lowest BCUT2D eigenvalue weighted by atomic mass is 9.99. The SMILES string of the molecule is c1ccc(-c2nc(-c3ccccc3)nc(-n3c4ccccc4c4cccc(-c5ccnc6c5c5ccccc5n6-c5ccccc5)c43)n2)cc1. The van der Waals surface area contributed by atoms with Crippen LogP contribution in [0.3, 0.4) is 0 Å². The van der Waals surface area contributed by atoms with Crippen molar-refractivity contribution < 1.29 is 0 Å². The van der Waals surface area contributed by atoms with Crippen molar-refractivity contribution in [2.75, 3.05) is 0 Å². The Morgan fingerprint density at radius 3 is 1.64 bits per heavy atom. The van der Waals surface area contributed by atoms with E-state index in [1.54, 1.807) is 0 Å². The Balaban J connectivity index is 1.32. The Morgan fingerprint density at radius 1 is 0.400 bits per heavy atom. The number of pyridine rings is 1. The summed E-state index contributed by atoms with van der Waals surface area (Å²) >= 11 is 0. The lowest BCUT2D eigenvalue weighted by Crippen LogP contribution is -2.07. The molecule has 4 aromatic heterocycles. The summed E-state index contributed by atoms with van der Waals surface area (Å²) in [5.41, 5.74) is 9.17. The third-order valence-electron chi connectivity index (χ3n) is 9.44. The normalized spacial score (nSPS) is 11.6. The fourth-order valence-electron chi connectivity index (χ4n) is 7.28. The molecule has 0 amide bonds. The van der Waals surface area contributed by atoms with Crippen LogP contribution in [0.2, 0.25) is 0 Å². The Labute approximate surface area is 287 Å². The van der Waals surface area contributed by atoms with Gasteiger partial charge in [-0.1, -0.05) is 133 Å². The first-order chi connectivity index (χ1) is 24.8. The molecule has 4 heterocycles. The van der Waals surface area contributed by atoms with Crippen LogP contribution in [-0.4, -0.2) is 29.1 Å². The van der Waals surface area contributed by atoms with Gasteiger partial charge in [0, 0.05) is 50.1 Å². The largest absolute Gasteiger partial charge is 0.294 e. The molecule has 0 saturated carbocycles. The second-order valence-electron chi connectivity index (χ2n) is 12.3. The van der Waals surface area contributed by atoms with Crippen molar-refractivity contribution in [2.24, 2.45) is 0 Å². The predicted molar refractivity (Wildman–Crippen MR) is 203 cm³/mol. The summed E-state index contributed by atoms with van der Waals surface area (Å²) in [4.78, 5) is 20.4. The first-order valence-electron chi connectivity index (χ1n) is 16.7. The summed E-state index contributed by atoms with van der Waals surface area (Å²) in [7, 11) is 0. The summed E-state index contributed by atoms with van der Waals surface area (Å²) in [5, 5.41) is 4.50. The molecular weight excluding hydrogens is 613 g/mol. The van der Waals surface area contributed by atoms with E-state index in [1.165, 1.54) is 0 Å². The molecule has 10 rings (SSSR count). The van der Waals surface area contributed by atoms with Crippen LogP contribution in [0.1, 0.15) is 0 Å². The molecule has 0 spiro atoms. The maximum absolute atomic E-state index is 5.19. The van der Waals surface area contributed by atoms with Crippen LogP contribution in [0.15, 0.2) is 170 Å². The number of benzene rings is 6. The fraction of sp³-hybridized carbons (Fsp3) is 0. The van der Waals surface area contributed by atoms with Crippen LogP contribution in [0.25, 0.3) is 89.3 Å². The van der Waals surface area contributed by atoms with Crippen LogP contribution in [0.5, 0.6) is 0 Å². The third-order valence-corrected chi connectivity index (χ3v) is 9.44. The summed E-state index contributed by atoms with van der Waals surface area (Å²) in [6.07, 6.45) is 1.92. The lowest BCUT2D eigenvalue weighted by Gasteiger charge is -2.13. The molecule has 0 unspecified atom stereocenters. The van der Waals surface area contributed by atoms with Crippen LogP contribution in [0, 0.1) is 0 Å². The average Bonchev–Trinajstić information content (AvgIpc) is 3.72. The second kappa shape index (κ2) is 11.4. The van der Waals surface area contributed by atoms with Gasteiger partial charge in [-0.2, -0.15) is 9.97 Å². The Bertz CT molecular complexity index is 2800. The first-order valence-corrected chi connectivity index (χ1v) is 16.7. The Kier molecular flexibility index (Phi) is 6.39. The molecule has 0 bridgehead atoms. The number of hydrogen-bond acceptors (Lipinski definition) is 4. The Morgan fingerprint density at radius 2 is 0.960 bits per heavy atom. The maximum atomic E-state index is 5.19. The van der Waals surface area contributed by atoms with E-state index in [0.29, 0.717) is 17.6 Å². The van der Waals surface area contributed by atoms with Gasteiger partial charge in [-0.25, -0.2) is 9.97 Å². The fourth-order valence-corrected chi connectivity index (χ4v) is 7.28. The van der Waals surface area contributed by atoms with Gasteiger partial charge in [0.2, 0.25) is 5.95 Å². The number of aromatic nitrogens is 6. The van der Waals surface area contributed by atoms with Gasteiger partial charge in [0.25, 0.3) is 0 Å². The van der Waals surface area contributed by atoms with E-state index in [2.05, 4.69) is 106 Å². The summed E-state index contributed by atoms with van der Waals surface area (Å²) in [6.45, 7) is 0. The molecule has 0 radical (unpaired) electrons. The van der Waals surface area contributed by atoms with Crippen molar-refractivity contribution in [2.45, 2.75) is 0 Å². The number of para-hydroxylation sites is 4. The smallest absolute Gasteiger partial charge is 0.238 e. The zero-order valence-corrected chi connectivity index (χ0v) is 26.8. The van der Waals surface area contributed by atoms with Gasteiger partial charge >= 0.3 is 0 Å². The Hall–Kier alpha value is -6.92. The first kappa shape index (κ1) is 28.1. The molecule has 0 atom stereocenters. The third kappa shape index (κ3) is 4.36. The van der Waals surface area contributed by atoms with E-state index >= 15 is 0 Å². The molecule has 0 aliphatic heterocycles. The molecule has 6 aromatic carbocycles. The predicted octanol–water partition coefficient (Wildman–Crippen LogP) is 10.5. The van der Waals surface area contributed by atoms with E-state index in [9.17, 15) is 0 Å². The quantitative estimate of drug-likeness (QED) is 0.188. The number of rotatable bonds is 5. The number of hydrogen-bond donors (Lipinski definition) is 0. The van der Waals surface area contributed by atoms with E-state index in [-0.39, 0.29) is 0 Å². The standard InChI is InChI=1S/C44H28N6/c1-4-15-29(16-5-1)41-46-42(30-17-6-2-7-18-30)48-44(47-41)50-37-25-12-10-21-32(37)34-23-14-24-35(40(34)50)33-27-28-45-43-39(33)36-22-11-13-26-38(36)49(43)31-19-8-3-9-20-31/h1-28H.